The minimum Gasteiger partial charge on any atom is -0.489 e. The summed E-state index contributed by atoms with van der Waals surface area (Å²) >= 11 is 0. The summed E-state index contributed by atoms with van der Waals surface area (Å²) in [6.07, 6.45) is 0. The van der Waals surface area contributed by atoms with E-state index in [4.69, 9.17) is 18.9 Å². The van der Waals surface area contributed by atoms with Crippen molar-refractivity contribution < 1.29 is 18.9 Å². The zero-order chi connectivity index (χ0) is 27.6. The van der Waals surface area contributed by atoms with Gasteiger partial charge in [0.1, 0.15) is 48.4 Å². The van der Waals surface area contributed by atoms with E-state index in [1.165, 1.54) is 12.1 Å². The second-order valence-corrected chi connectivity index (χ2v) is 8.76. The first-order chi connectivity index (χ1) is 19.7. The Balaban J connectivity index is 1.29. The Morgan fingerprint density at radius 1 is 0.450 bits per heavy atom. The molecule has 0 heterocycles. The van der Waals surface area contributed by atoms with Gasteiger partial charge in [-0.1, -0.05) is 60.7 Å². The van der Waals surface area contributed by atoms with E-state index in [-0.39, 0.29) is 11.1 Å². The summed E-state index contributed by atoms with van der Waals surface area (Å²) in [5.41, 5.74) is 2.53. The fraction of sp³-hybridized carbons (Fsp3) is 0.0588. The third-order valence-electron chi connectivity index (χ3n) is 5.92. The minimum absolute atomic E-state index is 0.192. The number of hydrogen-bond donors (Lipinski definition) is 0. The van der Waals surface area contributed by atoms with Gasteiger partial charge in [-0.2, -0.15) is 10.5 Å². The van der Waals surface area contributed by atoms with E-state index >= 15 is 0 Å². The molecule has 0 fully saturated rings. The lowest BCUT2D eigenvalue weighted by atomic mass is 10.1. The molecule has 5 aromatic carbocycles. The Bertz CT molecular complexity index is 1510. The number of hydrogen-bond acceptors (Lipinski definition) is 6. The van der Waals surface area contributed by atoms with Gasteiger partial charge in [0.15, 0.2) is 11.5 Å². The van der Waals surface area contributed by atoms with Crippen LogP contribution < -0.4 is 18.9 Å². The molecule has 0 radical (unpaired) electrons. The van der Waals surface area contributed by atoms with Crippen molar-refractivity contribution in [2.24, 2.45) is 0 Å². The van der Waals surface area contributed by atoms with Crippen LogP contribution in [0.1, 0.15) is 22.3 Å². The molecule has 0 atom stereocenters. The first-order valence-corrected chi connectivity index (χ1v) is 12.6. The molecule has 0 saturated heterocycles. The smallest absolute Gasteiger partial charge is 0.171 e. The molecule has 6 heteroatoms. The summed E-state index contributed by atoms with van der Waals surface area (Å²) < 4.78 is 23.9. The molecule has 0 spiro atoms. The van der Waals surface area contributed by atoms with Crippen molar-refractivity contribution >= 4 is 0 Å². The maximum Gasteiger partial charge on any atom is 0.171 e. The van der Waals surface area contributed by atoms with E-state index in [2.05, 4.69) is 0 Å². The molecule has 40 heavy (non-hydrogen) atoms. The highest BCUT2D eigenvalue weighted by atomic mass is 16.5. The Hall–Kier alpha value is -5.72. The van der Waals surface area contributed by atoms with Gasteiger partial charge in [-0.25, -0.2) is 0 Å². The van der Waals surface area contributed by atoms with Crippen molar-refractivity contribution in [3.05, 3.63) is 144 Å². The predicted molar refractivity (Wildman–Crippen MR) is 150 cm³/mol. The highest BCUT2D eigenvalue weighted by Crippen LogP contribution is 2.38. The maximum absolute atomic E-state index is 9.55. The van der Waals surface area contributed by atoms with Gasteiger partial charge in [0, 0.05) is 12.1 Å². The number of benzene rings is 5. The molecule has 0 saturated carbocycles. The van der Waals surface area contributed by atoms with Gasteiger partial charge < -0.3 is 18.9 Å². The van der Waals surface area contributed by atoms with Crippen LogP contribution in [0.5, 0.6) is 34.5 Å². The third kappa shape index (κ3) is 6.77. The summed E-state index contributed by atoms with van der Waals surface area (Å²) in [7, 11) is 0. The van der Waals surface area contributed by atoms with E-state index in [9.17, 15) is 10.5 Å². The molecule has 0 aliphatic rings. The van der Waals surface area contributed by atoms with E-state index in [0.717, 1.165) is 11.1 Å². The van der Waals surface area contributed by atoms with Crippen molar-refractivity contribution in [3.8, 4) is 46.6 Å². The average molecular weight is 525 g/mol. The molecule has 0 aliphatic heterocycles. The van der Waals surface area contributed by atoms with Crippen LogP contribution in [0.3, 0.4) is 0 Å². The zero-order valence-corrected chi connectivity index (χ0v) is 21.5. The van der Waals surface area contributed by atoms with Crippen molar-refractivity contribution in [3.63, 3.8) is 0 Å². The lowest BCUT2D eigenvalue weighted by Gasteiger charge is -2.14. The van der Waals surface area contributed by atoms with Crippen LogP contribution in [0.25, 0.3) is 0 Å². The van der Waals surface area contributed by atoms with Crippen molar-refractivity contribution in [2.75, 3.05) is 0 Å². The lowest BCUT2D eigenvalue weighted by molar-refractivity contribution is 0.305. The Morgan fingerprint density at radius 3 is 1.15 bits per heavy atom. The second-order valence-electron chi connectivity index (χ2n) is 8.76. The first-order valence-electron chi connectivity index (χ1n) is 12.6. The van der Waals surface area contributed by atoms with E-state index in [0.29, 0.717) is 47.7 Å². The van der Waals surface area contributed by atoms with Crippen LogP contribution in [0.2, 0.25) is 0 Å². The normalized spacial score (nSPS) is 10.2. The molecular formula is C34H24N2O4. The van der Waals surface area contributed by atoms with Crippen LogP contribution in [0.4, 0.5) is 0 Å². The fourth-order valence-electron chi connectivity index (χ4n) is 3.85. The molecule has 0 unspecified atom stereocenters. The largest absolute Gasteiger partial charge is 0.489 e. The van der Waals surface area contributed by atoms with Gasteiger partial charge in [-0.15, -0.1) is 0 Å². The number of rotatable bonds is 10. The van der Waals surface area contributed by atoms with Gasteiger partial charge in [0.05, 0.1) is 11.1 Å². The second kappa shape index (κ2) is 12.7. The summed E-state index contributed by atoms with van der Waals surface area (Å²) in [5.74, 6) is 3.04. The van der Waals surface area contributed by atoms with Crippen molar-refractivity contribution in [1.29, 1.82) is 10.5 Å². The molecule has 5 aromatic rings. The Kier molecular flexibility index (Phi) is 8.22. The van der Waals surface area contributed by atoms with E-state index < -0.39 is 0 Å². The molecular weight excluding hydrogens is 500 g/mol. The minimum atomic E-state index is 0.192. The summed E-state index contributed by atoms with van der Waals surface area (Å²) in [4.78, 5) is 0. The van der Waals surface area contributed by atoms with Crippen LogP contribution in [-0.4, -0.2) is 0 Å². The topological polar surface area (TPSA) is 84.5 Å². The lowest BCUT2D eigenvalue weighted by Crippen LogP contribution is -1.96. The average Bonchev–Trinajstić information content (AvgIpc) is 3.02. The molecule has 0 aliphatic carbocycles. The quantitative estimate of drug-likeness (QED) is 0.183. The summed E-state index contributed by atoms with van der Waals surface area (Å²) in [6, 6.07) is 41.2. The van der Waals surface area contributed by atoms with Gasteiger partial charge >= 0.3 is 0 Å². The Labute approximate surface area is 232 Å². The molecule has 0 aromatic heterocycles. The molecule has 6 nitrogen and oxygen atoms in total. The van der Waals surface area contributed by atoms with Gasteiger partial charge in [-0.3, -0.25) is 0 Å². The van der Waals surface area contributed by atoms with Gasteiger partial charge in [0.25, 0.3) is 0 Å². The number of nitrogens with zero attached hydrogens (tertiary/aromatic N) is 2. The number of nitriles is 2. The zero-order valence-electron chi connectivity index (χ0n) is 21.5. The van der Waals surface area contributed by atoms with E-state index in [1.807, 2.05) is 97.1 Å². The summed E-state index contributed by atoms with van der Waals surface area (Å²) in [6.45, 7) is 0.909. The van der Waals surface area contributed by atoms with Crippen molar-refractivity contribution in [1.82, 2.24) is 0 Å². The third-order valence-corrected chi connectivity index (χ3v) is 5.92. The highest BCUT2D eigenvalue weighted by molar-refractivity contribution is 5.58. The number of ether oxygens (including phenoxy) is 4. The molecule has 194 valence electrons. The summed E-state index contributed by atoms with van der Waals surface area (Å²) in [5, 5.41) is 19.1. The van der Waals surface area contributed by atoms with Gasteiger partial charge in [-0.05, 0) is 59.7 Å². The SMILES string of the molecule is N#Cc1cc(Oc2ccc(OCc3ccccc3)cc2)c(Oc2ccc(OCc3ccccc3)cc2)cc1C#N. The molecule has 5 rings (SSSR count). The monoisotopic (exact) mass is 524 g/mol. The molecule has 0 N–H and O–H groups in total. The van der Waals surface area contributed by atoms with Gasteiger partial charge in [0.2, 0.25) is 0 Å². The van der Waals surface area contributed by atoms with Crippen LogP contribution in [-0.2, 0) is 13.2 Å². The van der Waals surface area contributed by atoms with Crippen LogP contribution >= 0.6 is 0 Å². The first kappa shape index (κ1) is 25.9. The fourth-order valence-corrected chi connectivity index (χ4v) is 3.85. The van der Waals surface area contributed by atoms with E-state index in [1.54, 1.807) is 24.3 Å². The molecule has 0 bridgehead atoms. The van der Waals surface area contributed by atoms with Crippen molar-refractivity contribution in [2.45, 2.75) is 13.2 Å². The maximum atomic E-state index is 9.55. The Morgan fingerprint density at radius 2 is 0.800 bits per heavy atom. The van der Waals surface area contributed by atoms with Crippen LogP contribution in [0.15, 0.2) is 121 Å². The van der Waals surface area contributed by atoms with Crippen LogP contribution in [0, 0.1) is 22.7 Å². The standard InChI is InChI=1S/C34H24N2O4/c35-21-27-19-33(39-31-15-11-29(12-16-31)37-23-25-7-3-1-4-8-25)34(20-28(27)22-36)40-32-17-13-30(14-18-32)38-24-26-9-5-2-6-10-26/h1-20H,23-24H2. The predicted octanol–water partition coefficient (Wildman–Crippen LogP) is 8.17. The molecule has 0 amide bonds. The highest BCUT2D eigenvalue weighted by Gasteiger charge is 2.15.